The van der Waals surface area contributed by atoms with Gasteiger partial charge in [0.15, 0.2) is 0 Å². The summed E-state index contributed by atoms with van der Waals surface area (Å²) >= 11 is 1.66. The number of aromatic nitrogens is 1. The Morgan fingerprint density at radius 1 is 1.38 bits per heavy atom. The van der Waals surface area contributed by atoms with E-state index in [-0.39, 0.29) is 17.9 Å². The molecule has 1 heterocycles. The number of thiazole rings is 1. The van der Waals surface area contributed by atoms with Crippen molar-refractivity contribution in [2.45, 2.75) is 32.7 Å². The molecule has 1 aromatic heterocycles. The van der Waals surface area contributed by atoms with Crippen LogP contribution in [0, 0.1) is 12.8 Å². The zero-order valence-electron chi connectivity index (χ0n) is 12.2. The van der Waals surface area contributed by atoms with E-state index in [4.69, 9.17) is 0 Å². The largest absolute Gasteiger partial charge is 0.377 e. The SMILES string of the molecule is Cc1nc(C(C)Nc2cccc(NC(=O)C3CC3)c2)cs1. The maximum atomic E-state index is 11.8. The van der Waals surface area contributed by atoms with Gasteiger partial charge in [-0.3, -0.25) is 4.79 Å². The first-order valence-electron chi connectivity index (χ1n) is 7.21. The van der Waals surface area contributed by atoms with E-state index in [0.717, 1.165) is 34.9 Å². The maximum absolute atomic E-state index is 11.8. The molecule has 110 valence electrons. The Balaban J connectivity index is 1.66. The van der Waals surface area contributed by atoms with Crippen LogP contribution in [0.4, 0.5) is 11.4 Å². The van der Waals surface area contributed by atoms with E-state index in [1.165, 1.54) is 0 Å². The summed E-state index contributed by atoms with van der Waals surface area (Å²) in [6.07, 6.45) is 2.04. The first-order valence-corrected chi connectivity index (χ1v) is 8.09. The molecule has 0 bridgehead atoms. The molecule has 1 aliphatic carbocycles. The van der Waals surface area contributed by atoms with Gasteiger partial charge in [0.25, 0.3) is 0 Å². The van der Waals surface area contributed by atoms with Gasteiger partial charge in [-0.05, 0) is 44.9 Å². The van der Waals surface area contributed by atoms with Crippen LogP contribution in [0.2, 0.25) is 0 Å². The highest BCUT2D eigenvalue weighted by Gasteiger charge is 2.29. The van der Waals surface area contributed by atoms with E-state index in [2.05, 4.69) is 27.9 Å². The summed E-state index contributed by atoms with van der Waals surface area (Å²) < 4.78 is 0. The van der Waals surface area contributed by atoms with Gasteiger partial charge in [-0.25, -0.2) is 4.98 Å². The second-order valence-electron chi connectivity index (χ2n) is 5.50. The third kappa shape index (κ3) is 3.61. The number of benzene rings is 1. The molecule has 1 fully saturated rings. The second kappa shape index (κ2) is 5.85. The van der Waals surface area contributed by atoms with E-state index in [0.29, 0.717) is 0 Å². The molecule has 0 spiro atoms. The highest BCUT2D eigenvalue weighted by molar-refractivity contribution is 7.09. The van der Waals surface area contributed by atoms with Crippen molar-refractivity contribution in [2.24, 2.45) is 5.92 Å². The lowest BCUT2D eigenvalue weighted by atomic mass is 10.2. The maximum Gasteiger partial charge on any atom is 0.227 e. The number of carbonyl (C=O) groups is 1. The fourth-order valence-electron chi connectivity index (χ4n) is 2.18. The number of amides is 1. The van der Waals surface area contributed by atoms with Crippen LogP contribution in [0.1, 0.15) is 36.5 Å². The lowest BCUT2D eigenvalue weighted by molar-refractivity contribution is -0.117. The number of nitrogens with zero attached hydrogens (tertiary/aromatic N) is 1. The summed E-state index contributed by atoms with van der Waals surface area (Å²) in [7, 11) is 0. The Bertz CT molecular complexity index is 648. The zero-order valence-corrected chi connectivity index (χ0v) is 13.0. The van der Waals surface area contributed by atoms with Crippen LogP contribution in [-0.4, -0.2) is 10.9 Å². The minimum absolute atomic E-state index is 0.135. The number of anilines is 2. The Hall–Kier alpha value is -1.88. The standard InChI is InChI=1S/C16H19N3OS/c1-10(15-9-21-11(2)18-15)17-13-4-3-5-14(8-13)19-16(20)12-6-7-12/h3-5,8-10,12,17H,6-7H2,1-2H3,(H,19,20). The van der Waals surface area contributed by atoms with Crippen LogP contribution >= 0.6 is 11.3 Å². The lowest BCUT2D eigenvalue weighted by Crippen LogP contribution is -2.13. The van der Waals surface area contributed by atoms with Crippen LogP contribution in [0.25, 0.3) is 0 Å². The number of carbonyl (C=O) groups excluding carboxylic acids is 1. The van der Waals surface area contributed by atoms with Crippen LogP contribution in [0.15, 0.2) is 29.6 Å². The number of hydrogen-bond acceptors (Lipinski definition) is 4. The zero-order chi connectivity index (χ0) is 14.8. The minimum Gasteiger partial charge on any atom is -0.377 e. The molecule has 21 heavy (non-hydrogen) atoms. The summed E-state index contributed by atoms with van der Waals surface area (Å²) in [5.74, 6) is 0.355. The number of aryl methyl sites for hydroxylation is 1. The molecular formula is C16H19N3OS. The smallest absolute Gasteiger partial charge is 0.227 e. The van der Waals surface area contributed by atoms with E-state index in [1.54, 1.807) is 11.3 Å². The Morgan fingerprint density at radius 3 is 2.81 bits per heavy atom. The van der Waals surface area contributed by atoms with Gasteiger partial charge in [0.2, 0.25) is 5.91 Å². The van der Waals surface area contributed by atoms with E-state index in [1.807, 2.05) is 31.2 Å². The average Bonchev–Trinajstić information content (AvgIpc) is 3.21. The molecule has 5 heteroatoms. The van der Waals surface area contributed by atoms with Crippen molar-refractivity contribution in [3.63, 3.8) is 0 Å². The Morgan fingerprint density at radius 2 is 2.14 bits per heavy atom. The quantitative estimate of drug-likeness (QED) is 0.878. The average molecular weight is 301 g/mol. The van der Waals surface area contributed by atoms with Gasteiger partial charge in [-0.15, -0.1) is 11.3 Å². The minimum atomic E-state index is 0.135. The van der Waals surface area contributed by atoms with Crippen LogP contribution < -0.4 is 10.6 Å². The highest BCUT2D eigenvalue weighted by Crippen LogP contribution is 2.30. The van der Waals surface area contributed by atoms with Crippen molar-refractivity contribution in [1.82, 2.24) is 4.98 Å². The topological polar surface area (TPSA) is 54.0 Å². The van der Waals surface area contributed by atoms with Crippen LogP contribution in [0.3, 0.4) is 0 Å². The summed E-state index contributed by atoms with van der Waals surface area (Å²) in [5, 5.41) is 9.54. The molecule has 1 amide bonds. The molecule has 2 N–H and O–H groups in total. The van der Waals surface area contributed by atoms with Gasteiger partial charge < -0.3 is 10.6 Å². The van der Waals surface area contributed by atoms with Gasteiger partial charge in [-0.1, -0.05) is 6.07 Å². The van der Waals surface area contributed by atoms with Gasteiger partial charge in [0.05, 0.1) is 16.7 Å². The van der Waals surface area contributed by atoms with E-state index in [9.17, 15) is 4.79 Å². The van der Waals surface area contributed by atoms with Crippen LogP contribution in [-0.2, 0) is 4.79 Å². The molecular weight excluding hydrogens is 282 g/mol. The Labute approximate surface area is 128 Å². The van der Waals surface area contributed by atoms with Crippen molar-refractivity contribution in [2.75, 3.05) is 10.6 Å². The first kappa shape index (κ1) is 14.1. The Kier molecular flexibility index (Phi) is 3.92. The van der Waals surface area contributed by atoms with Crippen molar-refractivity contribution in [3.8, 4) is 0 Å². The fourth-order valence-corrected chi connectivity index (χ4v) is 2.89. The summed E-state index contributed by atoms with van der Waals surface area (Å²) in [5.41, 5.74) is 2.88. The predicted molar refractivity (Wildman–Crippen MR) is 86.7 cm³/mol. The van der Waals surface area contributed by atoms with Gasteiger partial charge in [-0.2, -0.15) is 0 Å². The van der Waals surface area contributed by atoms with E-state index < -0.39 is 0 Å². The van der Waals surface area contributed by atoms with Crippen LogP contribution in [0.5, 0.6) is 0 Å². The molecule has 0 radical (unpaired) electrons. The van der Waals surface area contributed by atoms with Crippen molar-refractivity contribution in [3.05, 3.63) is 40.3 Å². The van der Waals surface area contributed by atoms with E-state index >= 15 is 0 Å². The molecule has 1 unspecified atom stereocenters. The molecule has 3 rings (SSSR count). The third-order valence-corrected chi connectivity index (χ3v) is 4.33. The summed E-state index contributed by atoms with van der Waals surface area (Å²) in [6.45, 7) is 4.10. The van der Waals surface area contributed by atoms with Crippen molar-refractivity contribution >= 4 is 28.6 Å². The molecule has 0 saturated heterocycles. The number of rotatable bonds is 5. The second-order valence-corrected chi connectivity index (χ2v) is 6.56. The molecule has 4 nitrogen and oxygen atoms in total. The lowest BCUT2D eigenvalue weighted by Gasteiger charge is -2.14. The van der Waals surface area contributed by atoms with Crippen molar-refractivity contribution < 1.29 is 4.79 Å². The molecule has 1 atom stereocenters. The monoisotopic (exact) mass is 301 g/mol. The first-order chi connectivity index (χ1) is 10.1. The molecule has 1 saturated carbocycles. The molecule has 0 aliphatic heterocycles. The highest BCUT2D eigenvalue weighted by atomic mass is 32.1. The van der Waals surface area contributed by atoms with Crippen molar-refractivity contribution in [1.29, 1.82) is 0 Å². The third-order valence-electron chi connectivity index (χ3n) is 3.54. The number of nitrogens with one attached hydrogen (secondary N) is 2. The fraction of sp³-hybridized carbons (Fsp3) is 0.375. The van der Waals surface area contributed by atoms with Gasteiger partial charge in [0, 0.05) is 22.7 Å². The van der Waals surface area contributed by atoms with Gasteiger partial charge >= 0.3 is 0 Å². The summed E-state index contributed by atoms with van der Waals surface area (Å²) in [4.78, 5) is 16.3. The molecule has 2 aromatic rings. The molecule has 1 aliphatic rings. The summed E-state index contributed by atoms with van der Waals surface area (Å²) in [6, 6.07) is 7.98. The normalized spacial score (nSPS) is 15.5. The number of hydrogen-bond donors (Lipinski definition) is 2. The predicted octanol–water partition coefficient (Wildman–Crippen LogP) is 3.97. The molecule has 1 aromatic carbocycles. The van der Waals surface area contributed by atoms with Gasteiger partial charge in [0.1, 0.15) is 0 Å².